The van der Waals surface area contributed by atoms with Crippen LogP contribution in [-0.4, -0.2) is 30.8 Å². The average Bonchev–Trinajstić information content (AvgIpc) is 3.08. The van der Waals surface area contributed by atoms with Crippen LogP contribution >= 0.6 is 0 Å². The smallest absolute Gasteiger partial charge is 0.191 e. The Morgan fingerprint density at radius 2 is 2.09 bits per heavy atom. The number of para-hydroxylation sites is 1. The fourth-order valence-electron chi connectivity index (χ4n) is 1.89. The number of nitrogens with zero attached hydrogens (tertiary/aromatic N) is 2. The molecule has 6 heteroatoms. The lowest BCUT2D eigenvalue weighted by atomic mass is 10.2. The molecule has 2 N–H and O–H groups in total. The topological polar surface area (TPSA) is 71.7 Å². The summed E-state index contributed by atoms with van der Waals surface area (Å²) in [6.45, 7) is 3.33. The molecule has 118 valence electrons. The van der Waals surface area contributed by atoms with Gasteiger partial charge < -0.3 is 19.9 Å². The molecular weight excluding hydrogens is 280 g/mol. The fraction of sp³-hybridized carbons (Fsp3) is 0.375. The quantitative estimate of drug-likeness (QED) is 0.606. The van der Waals surface area contributed by atoms with Crippen LogP contribution in [0.1, 0.15) is 19.0 Å². The van der Waals surface area contributed by atoms with Gasteiger partial charge in [0.25, 0.3) is 0 Å². The van der Waals surface area contributed by atoms with E-state index >= 15 is 0 Å². The van der Waals surface area contributed by atoms with Gasteiger partial charge >= 0.3 is 0 Å². The van der Waals surface area contributed by atoms with E-state index in [2.05, 4.69) is 27.7 Å². The summed E-state index contributed by atoms with van der Waals surface area (Å²) in [6.07, 6.45) is 2.53. The van der Waals surface area contributed by atoms with Crippen molar-refractivity contribution in [2.24, 2.45) is 4.99 Å². The molecule has 0 bridgehead atoms. The number of guanidine groups is 1. The van der Waals surface area contributed by atoms with Crippen LogP contribution in [0.4, 0.5) is 0 Å². The largest absolute Gasteiger partial charge is 0.489 e. The molecule has 0 amide bonds. The zero-order valence-corrected chi connectivity index (χ0v) is 13.0. The Morgan fingerprint density at radius 1 is 1.27 bits per heavy atom. The molecule has 22 heavy (non-hydrogen) atoms. The first-order chi connectivity index (χ1) is 10.8. The van der Waals surface area contributed by atoms with Crippen LogP contribution in [0, 0.1) is 0 Å². The molecule has 2 aromatic rings. The van der Waals surface area contributed by atoms with Crippen molar-refractivity contribution >= 4 is 5.96 Å². The van der Waals surface area contributed by atoms with E-state index in [4.69, 9.17) is 9.26 Å². The second-order valence-corrected chi connectivity index (χ2v) is 4.76. The highest BCUT2D eigenvalue weighted by Crippen LogP contribution is 2.11. The van der Waals surface area contributed by atoms with Crippen molar-refractivity contribution in [3.63, 3.8) is 0 Å². The first-order valence-corrected chi connectivity index (χ1v) is 7.37. The molecule has 0 aliphatic heterocycles. The van der Waals surface area contributed by atoms with Crippen LogP contribution < -0.4 is 15.4 Å². The third-order valence-corrected chi connectivity index (χ3v) is 3.15. The standard InChI is InChI=1S/C16H22N4O2/c1-3-14(22-15-7-5-4-6-8-15)12-19-16(17-2)18-11-13-9-10-21-20-13/h4-10,14H,3,11-12H2,1-2H3,(H2,17,18,19)/t14-/m0/s1. The number of aromatic nitrogens is 1. The minimum atomic E-state index is 0.0769. The molecule has 1 aromatic heterocycles. The van der Waals surface area contributed by atoms with E-state index in [0.717, 1.165) is 17.9 Å². The predicted octanol–water partition coefficient (Wildman–Crippen LogP) is 2.20. The molecule has 0 aliphatic rings. The summed E-state index contributed by atoms with van der Waals surface area (Å²) >= 11 is 0. The summed E-state index contributed by atoms with van der Waals surface area (Å²) in [5, 5.41) is 10.3. The minimum Gasteiger partial charge on any atom is -0.489 e. The zero-order valence-electron chi connectivity index (χ0n) is 13.0. The lowest BCUT2D eigenvalue weighted by Gasteiger charge is -2.19. The maximum absolute atomic E-state index is 5.94. The van der Waals surface area contributed by atoms with Gasteiger partial charge in [0, 0.05) is 13.1 Å². The van der Waals surface area contributed by atoms with Crippen LogP contribution in [-0.2, 0) is 6.54 Å². The van der Waals surface area contributed by atoms with Crippen molar-refractivity contribution in [3.05, 3.63) is 48.4 Å². The van der Waals surface area contributed by atoms with Crippen LogP contribution in [0.5, 0.6) is 5.75 Å². The number of ether oxygens (including phenoxy) is 1. The number of hydrogen-bond donors (Lipinski definition) is 2. The summed E-state index contributed by atoms with van der Waals surface area (Å²) in [6, 6.07) is 11.6. The summed E-state index contributed by atoms with van der Waals surface area (Å²) in [7, 11) is 1.73. The van der Waals surface area contributed by atoms with E-state index in [1.54, 1.807) is 13.3 Å². The number of nitrogens with one attached hydrogen (secondary N) is 2. The van der Waals surface area contributed by atoms with E-state index in [9.17, 15) is 0 Å². The van der Waals surface area contributed by atoms with Crippen molar-refractivity contribution < 1.29 is 9.26 Å². The Bertz CT molecular complexity index is 555. The Morgan fingerprint density at radius 3 is 2.73 bits per heavy atom. The molecule has 0 saturated heterocycles. The third kappa shape index (κ3) is 5.12. The van der Waals surface area contributed by atoms with Gasteiger partial charge in [-0.25, -0.2) is 0 Å². The zero-order chi connectivity index (χ0) is 15.6. The number of hydrogen-bond acceptors (Lipinski definition) is 4. The highest BCUT2D eigenvalue weighted by Gasteiger charge is 2.09. The van der Waals surface area contributed by atoms with Gasteiger partial charge in [-0.05, 0) is 18.6 Å². The van der Waals surface area contributed by atoms with Crippen molar-refractivity contribution in [2.45, 2.75) is 26.0 Å². The Labute approximate surface area is 130 Å². The van der Waals surface area contributed by atoms with Crippen molar-refractivity contribution in [1.82, 2.24) is 15.8 Å². The van der Waals surface area contributed by atoms with Gasteiger partial charge in [0.2, 0.25) is 0 Å². The van der Waals surface area contributed by atoms with Crippen molar-refractivity contribution in [1.29, 1.82) is 0 Å². The van der Waals surface area contributed by atoms with Crippen LogP contribution in [0.15, 0.2) is 52.2 Å². The molecule has 0 unspecified atom stereocenters. The summed E-state index contributed by atoms with van der Waals surface area (Å²) in [4.78, 5) is 4.18. The Kier molecular flexibility index (Phi) is 6.29. The summed E-state index contributed by atoms with van der Waals surface area (Å²) in [5.41, 5.74) is 0.829. The van der Waals surface area contributed by atoms with Gasteiger partial charge in [0.05, 0.1) is 13.1 Å². The maximum Gasteiger partial charge on any atom is 0.191 e. The van der Waals surface area contributed by atoms with E-state index < -0.39 is 0 Å². The van der Waals surface area contributed by atoms with E-state index in [1.807, 2.05) is 36.4 Å². The second-order valence-electron chi connectivity index (χ2n) is 4.76. The highest BCUT2D eigenvalue weighted by molar-refractivity contribution is 5.79. The molecule has 0 spiro atoms. The molecule has 0 aliphatic carbocycles. The molecule has 1 atom stereocenters. The molecular formula is C16H22N4O2. The molecule has 2 rings (SSSR count). The fourth-order valence-corrected chi connectivity index (χ4v) is 1.89. The van der Waals surface area contributed by atoms with Crippen molar-refractivity contribution in [2.75, 3.05) is 13.6 Å². The van der Waals surface area contributed by atoms with E-state index in [1.165, 1.54) is 0 Å². The molecule has 0 fully saturated rings. The highest BCUT2D eigenvalue weighted by atomic mass is 16.5. The number of aliphatic imine (C=N–C) groups is 1. The molecule has 0 saturated carbocycles. The average molecular weight is 302 g/mol. The summed E-state index contributed by atoms with van der Waals surface area (Å²) in [5.74, 6) is 1.58. The van der Waals surface area contributed by atoms with Gasteiger partial charge in [0.15, 0.2) is 5.96 Å². The maximum atomic E-state index is 5.94. The van der Waals surface area contributed by atoms with Crippen LogP contribution in [0.2, 0.25) is 0 Å². The monoisotopic (exact) mass is 302 g/mol. The first kappa shape index (κ1) is 15.9. The third-order valence-electron chi connectivity index (χ3n) is 3.15. The molecule has 0 radical (unpaired) electrons. The van der Waals surface area contributed by atoms with Gasteiger partial charge in [-0.1, -0.05) is 30.3 Å². The summed E-state index contributed by atoms with van der Waals surface area (Å²) < 4.78 is 10.7. The Hall–Kier alpha value is -2.50. The lowest BCUT2D eigenvalue weighted by Crippen LogP contribution is -2.42. The van der Waals surface area contributed by atoms with Crippen LogP contribution in [0.3, 0.4) is 0 Å². The van der Waals surface area contributed by atoms with E-state index in [0.29, 0.717) is 19.0 Å². The van der Waals surface area contributed by atoms with Crippen LogP contribution in [0.25, 0.3) is 0 Å². The molecule has 1 aromatic carbocycles. The normalized spacial score (nSPS) is 12.7. The van der Waals surface area contributed by atoms with Crippen molar-refractivity contribution in [3.8, 4) is 5.75 Å². The second kappa shape index (κ2) is 8.71. The number of benzene rings is 1. The van der Waals surface area contributed by atoms with Gasteiger partial charge in [0.1, 0.15) is 23.8 Å². The first-order valence-electron chi connectivity index (χ1n) is 7.37. The SMILES string of the molecule is CC[C@@H](CNC(=NC)NCc1ccon1)Oc1ccccc1. The molecule has 1 heterocycles. The molecule has 6 nitrogen and oxygen atoms in total. The Balaban J connectivity index is 1.78. The minimum absolute atomic E-state index is 0.0769. The lowest BCUT2D eigenvalue weighted by molar-refractivity contribution is 0.199. The van der Waals surface area contributed by atoms with E-state index in [-0.39, 0.29) is 6.10 Å². The predicted molar refractivity (Wildman–Crippen MR) is 85.9 cm³/mol. The number of rotatable bonds is 7. The van der Waals surface area contributed by atoms with Gasteiger partial charge in [-0.2, -0.15) is 0 Å². The van der Waals surface area contributed by atoms with Gasteiger partial charge in [-0.3, -0.25) is 4.99 Å². The van der Waals surface area contributed by atoms with Gasteiger partial charge in [-0.15, -0.1) is 0 Å².